The number of pyridine rings is 2. The van der Waals surface area contributed by atoms with E-state index in [4.69, 9.17) is 4.98 Å². The van der Waals surface area contributed by atoms with Crippen LogP contribution in [0.4, 0.5) is 5.82 Å². The molecule has 3 aromatic heterocycles. The van der Waals surface area contributed by atoms with E-state index >= 15 is 0 Å². The molecule has 1 unspecified atom stereocenters. The summed E-state index contributed by atoms with van der Waals surface area (Å²) in [6.07, 6.45) is 1.63. The van der Waals surface area contributed by atoms with E-state index in [-0.39, 0.29) is 5.56 Å². The molecule has 2 N–H and O–H groups in total. The van der Waals surface area contributed by atoms with Gasteiger partial charge in [-0.1, -0.05) is 18.2 Å². The van der Waals surface area contributed by atoms with Crippen molar-refractivity contribution in [3.05, 3.63) is 59.0 Å². The highest BCUT2D eigenvalue weighted by atomic mass is 16.1. The Morgan fingerprint density at radius 3 is 2.81 bits per heavy atom. The molecule has 0 bridgehead atoms. The van der Waals surface area contributed by atoms with Gasteiger partial charge in [0.2, 0.25) is 0 Å². The van der Waals surface area contributed by atoms with Gasteiger partial charge in [0, 0.05) is 31.9 Å². The molecule has 0 saturated carbocycles. The summed E-state index contributed by atoms with van der Waals surface area (Å²) in [5, 5.41) is 7.22. The van der Waals surface area contributed by atoms with E-state index in [2.05, 4.69) is 27.2 Å². The van der Waals surface area contributed by atoms with Crippen LogP contribution in [0.3, 0.4) is 0 Å². The van der Waals surface area contributed by atoms with Crippen LogP contribution < -0.4 is 15.8 Å². The molecule has 1 fully saturated rings. The predicted molar refractivity (Wildman–Crippen MR) is 107 cm³/mol. The van der Waals surface area contributed by atoms with Gasteiger partial charge in [-0.3, -0.25) is 14.9 Å². The van der Waals surface area contributed by atoms with Crippen molar-refractivity contribution in [1.82, 2.24) is 25.1 Å². The second-order valence-electron chi connectivity index (χ2n) is 6.97. The minimum atomic E-state index is -0.117. The number of H-pyrrole nitrogens is 1. The summed E-state index contributed by atoms with van der Waals surface area (Å²) in [6.45, 7) is 4.92. The fourth-order valence-electron chi connectivity index (χ4n) is 3.69. The highest BCUT2D eigenvalue weighted by Crippen LogP contribution is 2.23. The number of para-hydroxylation sites is 1. The second-order valence-corrected chi connectivity index (χ2v) is 6.97. The Bertz CT molecular complexity index is 1180. The Balaban J connectivity index is 1.69. The molecule has 0 radical (unpaired) electrons. The third kappa shape index (κ3) is 2.67. The van der Waals surface area contributed by atoms with Crippen molar-refractivity contribution in [3.63, 3.8) is 0 Å². The standard InChI is InChI=1S/C20H20N6O/c1-13-12-25(10-9-21-13)17-8-7-16-19(23-17)18-15(11-22-16)20(27)26(24-18)14-5-3-2-4-6-14/h2-8,11,13,21,24H,9-10,12H2,1H3. The summed E-state index contributed by atoms with van der Waals surface area (Å²) in [4.78, 5) is 24.4. The van der Waals surface area contributed by atoms with E-state index in [1.807, 2.05) is 42.5 Å². The van der Waals surface area contributed by atoms with E-state index < -0.39 is 0 Å². The molecule has 4 aromatic rings. The molecule has 7 nitrogen and oxygen atoms in total. The van der Waals surface area contributed by atoms with Crippen molar-refractivity contribution in [2.24, 2.45) is 0 Å². The summed E-state index contributed by atoms with van der Waals surface area (Å²) < 4.78 is 1.55. The Hall–Kier alpha value is -3.19. The lowest BCUT2D eigenvalue weighted by Crippen LogP contribution is -2.49. The number of aromatic nitrogens is 4. The second kappa shape index (κ2) is 6.21. The smallest absolute Gasteiger partial charge is 0.280 e. The van der Waals surface area contributed by atoms with Crippen molar-refractivity contribution in [2.45, 2.75) is 13.0 Å². The number of hydrogen-bond donors (Lipinski definition) is 2. The molecule has 4 heterocycles. The summed E-state index contributed by atoms with van der Waals surface area (Å²) >= 11 is 0. The maximum Gasteiger partial charge on any atom is 0.280 e. The number of rotatable bonds is 2. The van der Waals surface area contributed by atoms with E-state index in [1.165, 1.54) is 0 Å². The first-order chi connectivity index (χ1) is 13.2. The van der Waals surface area contributed by atoms with Crippen LogP contribution in [0.1, 0.15) is 6.92 Å². The van der Waals surface area contributed by atoms with Crippen molar-refractivity contribution in [2.75, 3.05) is 24.5 Å². The average molecular weight is 360 g/mol. The first kappa shape index (κ1) is 16.0. The van der Waals surface area contributed by atoms with Gasteiger partial charge in [0.1, 0.15) is 11.3 Å². The van der Waals surface area contributed by atoms with Crippen LogP contribution in [0.25, 0.3) is 27.6 Å². The SMILES string of the molecule is CC1CN(c2ccc3ncc4c(=O)n(-c5ccccc5)[nH]c4c3n2)CCN1. The normalized spacial score (nSPS) is 17.7. The van der Waals surface area contributed by atoms with Crippen molar-refractivity contribution in [1.29, 1.82) is 0 Å². The summed E-state index contributed by atoms with van der Waals surface area (Å²) in [6, 6.07) is 13.9. The average Bonchev–Trinajstić information content (AvgIpc) is 3.05. The topological polar surface area (TPSA) is 78.8 Å². The third-order valence-corrected chi connectivity index (χ3v) is 5.06. The lowest BCUT2D eigenvalue weighted by Gasteiger charge is -2.32. The molecular formula is C20H20N6O. The number of nitrogens with one attached hydrogen (secondary N) is 2. The molecule has 1 aromatic carbocycles. The lowest BCUT2D eigenvalue weighted by atomic mass is 10.2. The minimum absolute atomic E-state index is 0.117. The Kier molecular flexibility index (Phi) is 3.68. The number of nitrogens with zero attached hydrogens (tertiary/aromatic N) is 4. The van der Waals surface area contributed by atoms with Gasteiger partial charge in [-0.2, -0.15) is 0 Å². The van der Waals surface area contributed by atoms with Gasteiger partial charge in [0.05, 0.1) is 22.1 Å². The van der Waals surface area contributed by atoms with E-state index in [0.29, 0.717) is 11.4 Å². The predicted octanol–water partition coefficient (Wildman–Crippen LogP) is 2.06. The largest absolute Gasteiger partial charge is 0.354 e. The van der Waals surface area contributed by atoms with Crippen LogP contribution in [0.2, 0.25) is 0 Å². The quantitative estimate of drug-likeness (QED) is 0.572. The highest BCUT2D eigenvalue weighted by molar-refractivity contribution is 6.00. The minimum Gasteiger partial charge on any atom is -0.354 e. The molecule has 1 aliphatic rings. The highest BCUT2D eigenvalue weighted by Gasteiger charge is 2.19. The molecule has 1 atom stereocenters. The summed E-state index contributed by atoms with van der Waals surface area (Å²) in [7, 11) is 0. The molecule has 136 valence electrons. The number of fused-ring (bicyclic) bond motifs is 3. The first-order valence-corrected chi connectivity index (χ1v) is 9.15. The number of hydrogen-bond acceptors (Lipinski definition) is 5. The van der Waals surface area contributed by atoms with Gasteiger partial charge in [0.15, 0.2) is 0 Å². The molecule has 1 aliphatic heterocycles. The molecule has 7 heteroatoms. The monoisotopic (exact) mass is 360 g/mol. The molecule has 0 amide bonds. The van der Waals surface area contributed by atoms with Gasteiger partial charge in [-0.05, 0) is 31.2 Å². The summed E-state index contributed by atoms with van der Waals surface area (Å²) in [5.41, 5.74) is 2.89. The third-order valence-electron chi connectivity index (χ3n) is 5.06. The summed E-state index contributed by atoms with van der Waals surface area (Å²) in [5.74, 6) is 0.915. The van der Waals surface area contributed by atoms with Gasteiger partial charge in [-0.25, -0.2) is 9.67 Å². The zero-order chi connectivity index (χ0) is 18.4. The maximum atomic E-state index is 12.8. The van der Waals surface area contributed by atoms with Crippen LogP contribution in [0.5, 0.6) is 0 Å². The van der Waals surface area contributed by atoms with E-state index in [1.54, 1.807) is 10.9 Å². The van der Waals surface area contributed by atoms with Gasteiger partial charge < -0.3 is 10.2 Å². The number of piperazine rings is 1. The van der Waals surface area contributed by atoms with Crippen LogP contribution in [0, 0.1) is 0 Å². The number of anilines is 1. The molecule has 0 aliphatic carbocycles. The van der Waals surface area contributed by atoms with Gasteiger partial charge in [0.25, 0.3) is 5.56 Å². The van der Waals surface area contributed by atoms with Gasteiger partial charge in [-0.15, -0.1) is 0 Å². The zero-order valence-electron chi connectivity index (χ0n) is 15.0. The van der Waals surface area contributed by atoms with Gasteiger partial charge >= 0.3 is 0 Å². The van der Waals surface area contributed by atoms with Crippen molar-refractivity contribution in [3.8, 4) is 5.69 Å². The fraction of sp³-hybridized carbons (Fsp3) is 0.250. The van der Waals surface area contributed by atoms with Crippen LogP contribution in [-0.4, -0.2) is 45.4 Å². The maximum absolute atomic E-state index is 12.8. The lowest BCUT2D eigenvalue weighted by molar-refractivity contribution is 0.482. The van der Waals surface area contributed by atoms with Crippen molar-refractivity contribution >= 4 is 27.8 Å². The Morgan fingerprint density at radius 2 is 2.00 bits per heavy atom. The molecule has 27 heavy (non-hydrogen) atoms. The van der Waals surface area contributed by atoms with Crippen molar-refractivity contribution < 1.29 is 0 Å². The fourth-order valence-corrected chi connectivity index (χ4v) is 3.69. The molecule has 5 rings (SSSR count). The number of aromatic amines is 1. The Labute approximate surface area is 155 Å². The van der Waals surface area contributed by atoms with Crippen LogP contribution >= 0.6 is 0 Å². The first-order valence-electron chi connectivity index (χ1n) is 9.15. The molecular weight excluding hydrogens is 340 g/mol. The Morgan fingerprint density at radius 1 is 1.15 bits per heavy atom. The van der Waals surface area contributed by atoms with E-state index in [0.717, 1.165) is 47.7 Å². The van der Waals surface area contributed by atoms with Crippen LogP contribution in [-0.2, 0) is 0 Å². The number of benzene rings is 1. The zero-order valence-corrected chi connectivity index (χ0v) is 15.0. The van der Waals surface area contributed by atoms with Crippen LogP contribution in [0.15, 0.2) is 53.5 Å². The molecule has 0 spiro atoms. The molecule has 1 saturated heterocycles. The van der Waals surface area contributed by atoms with E-state index in [9.17, 15) is 4.79 Å².